The van der Waals surface area contributed by atoms with Crippen molar-refractivity contribution >= 4 is 54.1 Å². The summed E-state index contributed by atoms with van der Waals surface area (Å²) in [5.74, 6) is 0.880. The number of aromatic nitrogens is 4. The third kappa shape index (κ3) is 5.19. The highest BCUT2D eigenvalue weighted by molar-refractivity contribution is 6.15. The van der Waals surface area contributed by atoms with E-state index in [4.69, 9.17) is 9.97 Å². The lowest BCUT2D eigenvalue weighted by Gasteiger charge is -2.16. The minimum atomic E-state index is 0.856. The molecule has 0 unspecified atom stereocenters. The number of imidazole rings is 1. The zero-order valence-electron chi connectivity index (χ0n) is 29.8. The Morgan fingerprint density at radius 3 is 1.64 bits per heavy atom. The molecule has 0 radical (unpaired) electrons. The van der Waals surface area contributed by atoms with Gasteiger partial charge in [-0.05, 0) is 96.7 Å². The lowest BCUT2D eigenvalue weighted by molar-refractivity contribution is 1.10. The smallest absolute Gasteiger partial charge is 0.145 e. The lowest BCUT2D eigenvalue weighted by Crippen LogP contribution is -1.98. The van der Waals surface area contributed by atoms with E-state index in [0.717, 1.165) is 56.2 Å². The van der Waals surface area contributed by atoms with Crippen LogP contribution in [0.15, 0.2) is 194 Å². The van der Waals surface area contributed by atoms with E-state index in [9.17, 15) is 0 Å². The molecule has 11 rings (SSSR count). The fraction of sp³-hybridized carbons (Fsp3) is 0. The van der Waals surface area contributed by atoms with Gasteiger partial charge in [0.1, 0.15) is 11.3 Å². The minimum absolute atomic E-state index is 0.856. The van der Waals surface area contributed by atoms with Crippen LogP contribution in [0, 0.1) is 0 Å². The zero-order valence-corrected chi connectivity index (χ0v) is 29.8. The van der Waals surface area contributed by atoms with Crippen LogP contribution in [0.5, 0.6) is 0 Å². The van der Waals surface area contributed by atoms with Gasteiger partial charge in [-0.25, -0.2) is 9.97 Å². The molecule has 0 bridgehead atoms. The Kier molecular flexibility index (Phi) is 7.14. The van der Waals surface area contributed by atoms with Crippen molar-refractivity contribution in [2.24, 2.45) is 0 Å². The number of nitrogens with zero attached hydrogens (tertiary/aromatic N) is 4. The van der Waals surface area contributed by atoms with Crippen molar-refractivity contribution in [1.29, 1.82) is 0 Å². The summed E-state index contributed by atoms with van der Waals surface area (Å²) in [6, 6.07) is 65.0. The third-order valence-corrected chi connectivity index (χ3v) is 10.9. The van der Waals surface area contributed by atoms with Crippen LogP contribution < -0.4 is 0 Å². The van der Waals surface area contributed by atoms with Gasteiger partial charge in [0.15, 0.2) is 0 Å². The lowest BCUT2D eigenvalue weighted by atomic mass is 9.91. The number of rotatable bonds is 5. The van der Waals surface area contributed by atoms with Crippen molar-refractivity contribution < 1.29 is 0 Å². The van der Waals surface area contributed by atoms with Gasteiger partial charge < -0.3 is 0 Å². The Morgan fingerprint density at radius 1 is 0.382 bits per heavy atom. The monoisotopic (exact) mass is 700 g/mol. The Morgan fingerprint density at radius 2 is 0.945 bits per heavy atom. The maximum Gasteiger partial charge on any atom is 0.145 e. The van der Waals surface area contributed by atoms with Gasteiger partial charge in [-0.3, -0.25) is 9.55 Å². The van der Waals surface area contributed by atoms with Gasteiger partial charge in [0.25, 0.3) is 0 Å². The highest BCUT2D eigenvalue weighted by atomic mass is 15.1. The zero-order chi connectivity index (χ0) is 36.3. The molecule has 3 aromatic heterocycles. The highest BCUT2D eigenvalue weighted by Gasteiger charge is 2.18. The molecule has 55 heavy (non-hydrogen) atoms. The Bertz CT molecular complexity index is 3120. The SMILES string of the molecule is c1ccc(-c2nc3cnccc3n2-c2ccc(-c3cc(-c4cc5ccccc5c5ccccc45)cc(-c4cc5ccccc5c5ccccc45)n3)cc2)cc1. The molecule has 8 aromatic carbocycles. The molecule has 11 aromatic rings. The Balaban J connectivity index is 1.14. The Labute approximate surface area is 317 Å². The molecule has 3 heterocycles. The number of hydrogen-bond donors (Lipinski definition) is 0. The van der Waals surface area contributed by atoms with E-state index in [-0.39, 0.29) is 0 Å². The molecule has 0 aliphatic carbocycles. The van der Waals surface area contributed by atoms with E-state index >= 15 is 0 Å². The van der Waals surface area contributed by atoms with E-state index in [1.54, 1.807) is 0 Å². The normalized spacial score (nSPS) is 11.6. The van der Waals surface area contributed by atoms with Gasteiger partial charge in [0.05, 0.1) is 23.1 Å². The van der Waals surface area contributed by atoms with Crippen molar-refractivity contribution in [3.05, 3.63) is 194 Å². The maximum absolute atomic E-state index is 5.48. The molecule has 4 nitrogen and oxygen atoms in total. The second-order valence-electron chi connectivity index (χ2n) is 14.1. The molecule has 0 aliphatic rings. The first-order valence-electron chi connectivity index (χ1n) is 18.6. The molecule has 0 spiro atoms. The van der Waals surface area contributed by atoms with Crippen LogP contribution in [-0.4, -0.2) is 19.5 Å². The summed E-state index contributed by atoms with van der Waals surface area (Å²) < 4.78 is 2.22. The van der Waals surface area contributed by atoms with Gasteiger partial charge in [0, 0.05) is 28.6 Å². The summed E-state index contributed by atoms with van der Waals surface area (Å²) >= 11 is 0. The van der Waals surface area contributed by atoms with Crippen LogP contribution in [-0.2, 0) is 0 Å². The van der Waals surface area contributed by atoms with Crippen molar-refractivity contribution in [3.63, 3.8) is 0 Å². The third-order valence-electron chi connectivity index (χ3n) is 10.9. The summed E-state index contributed by atoms with van der Waals surface area (Å²) in [4.78, 5) is 14.9. The molecule has 0 atom stereocenters. The summed E-state index contributed by atoms with van der Waals surface area (Å²) in [5, 5.41) is 9.78. The molecule has 0 fully saturated rings. The van der Waals surface area contributed by atoms with Gasteiger partial charge in [-0.1, -0.05) is 140 Å². The molecular weight excluding hydrogens is 669 g/mol. The molecule has 0 N–H and O–H groups in total. The summed E-state index contributed by atoms with van der Waals surface area (Å²) in [5.41, 5.74) is 10.3. The first-order valence-corrected chi connectivity index (χ1v) is 18.6. The maximum atomic E-state index is 5.48. The van der Waals surface area contributed by atoms with Gasteiger partial charge in [-0.2, -0.15) is 0 Å². The molecule has 4 heteroatoms. The van der Waals surface area contributed by atoms with Gasteiger partial charge in [0.2, 0.25) is 0 Å². The predicted octanol–water partition coefficient (Wildman–Crippen LogP) is 13.1. The molecule has 0 aliphatic heterocycles. The number of hydrogen-bond acceptors (Lipinski definition) is 3. The minimum Gasteiger partial charge on any atom is -0.292 e. The van der Waals surface area contributed by atoms with Crippen molar-refractivity contribution in [3.8, 4) is 50.7 Å². The van der Waals surface area contributed by atoms with Crippen molar-refractivity contribution in [2.45, 2.75) is 0 Å². The van der Waals surface area contributed by atoms with Crippen molar-refractivity contribution in [2.75, 3.05) is 0 Å². The largest absolute Gasteiger partial charge is 0.292 e. The summed E-state index contributed by atoms with van der Waals surface area (Å²) in [7, 11) is 0. The van der Waals surface area contributed by atoms with E-state index in [2.05, 4.69) is 167 Å². The average Bonchev–Trinajstić information content (AvgIpc) is 3.66. The van der Waals surface area contributed by atoms with E-state index in [1.807, 2.05) is 36.7 Å². The molecular formula is C51H32N4. The standard InChI is InChI=1S/C51H32N4/c1-2-12-34(13-3-1)51-54-49-32-52-27-26-50(49)55(51)38-24-22-33(23-25-38)47-30-37(45-28-35-14-4-6-16-39(35)41-18-8-10-20-43(41)45)31-48(53-47)46-29-36-15-5-7-17-40(36)42-19-9-11-21-44(42)46/h1-32H. The average molecular weight is 701 g/mol. The van der Waals surface area contributed by atoms with Gasteiger partial charge in [-0.15, -0.1) is 0 Å². The van der Waals surface area contributed by atoms with Crippen LogP contribution in [0.4, 0.5) is 0 Å². The van der Waals surface area contributed by atoms with E-state index in [1.165, 1.54) is 48.7 Å². The topological polar surface area (TPSA) is 43.6 Å². The summed E-state index contributed by atoms with van der Waals surface area (Å²) in [6.07, 6.45) is 3.66. The number of pyridine rings is 2. The quantitative estimate of drug-likeness (QED) is 0.168. The van der Waals surface area contributed by atoms with Gasteiger partial charge >= 0.3 is 0 Å². The highest BCUT2D eigenvalue weighted by Crippen LogP contribution is 2.41. The fourth-order valence-corrected chi connectivity index (χ4v) is 8.29. The van der Waals surface area contributed by atoms with Crippen LogP contribution in [0.25, 0.3) is 105 Å². The summed E-state index contributed by atoms with van der Waals surface area (Å²) in [6.45, 7) is 0. The van der Waals surface area contributed by atoms with Crippen LogP contribution in [0.2, 0.25) is 0 Å². The molecule has 0 saturated heterocycles. The predicted molar refractivity (Wildman–Crippen MR) is 228 cm³/mol. The van der Waals surface area contributed by atoms with Crippen LogP contribution in [0.1, 0.15) is 0 Å². The van der Waals surface area contributed by atoms with E-state index in [0.29, 0.717) is 0 Å². The first kappa shape index (κ1) is 31.1. The number of benzene rings is 8. The molecule has 0 amide bonds. The van der Waals surface area contributed by atoms with Crippen LogP contribution >= 0.6 is 0 Å². The van der Waals surface area contributed by atoms with Crippen LogP contribution in [0.3, 0.4) is 0 Å². The fourth-order valence-electron chi connectivity index (χ4n) is 8.29. The second kappa shape index (κ2) is 12.6. The number of fused-ring (bicyclic) bond motifs is 7. The Hall–Kier alpha value is -7.43. The first-order chi connectivity index (χ1) is 27.3. The van der Waals surface area contributed by atoms with E-state index < -0.39 is 0 Å². The second-order valence-corrected chi connectivity index (χ2v) is 14.1. The molecule has 256 valence electrons. The van der Waals surface area contributed by atoms with Crippen molar-refractivity contribution in [1.82, 2.24) is 19.5 Å². The molecule has 0 saturated carbocycles.